The molecule has 0 bridgehead atoms. The first-order valence-corrected chi connectivity index (χ1v) is 7.15. The summed E-state index contributed by atoms with van der Waals surface area (Å²) in [5.74, 6) is 0. The van der Waals surface area contributed by atoms with E-state index in [1.54, 1.807) is 6.20 Å². The van der Waals surface area contributed by atoms with E-state index in [9.17, 15) is 4.79 Å². The molecule has 5 nitrogen and oxygen atoms in total. The molecule has 1 aromatic rings. The molecule has 1 heterocycles. The summed E-state index contributed by atoms with van der Waals surface area (Å²) in [7, 11) is 0. The van der Waals surface area contributed by atoms with Crippen LogP contribution in [0.15, 0.2) is 12.3 Å². The van der Waals surface area contributed by atoms with Crippen LogP contribution in [0.1, 0.15) is 53.7 Å². The van der Waals surface area contributed by atoms with Crippen molar-refractivity contribution in [3.8, 4) is 0 Å². The van der Waals surface area contributed by atoms with Gasteiger partial charge in [-0.05, 0) is 47.1 Å². The highest BCUT2D eigenvalue weighted by molar-refractivity contribution is 5.68. The van der Waals surface area contributed by atoms with Gasteiger partial charge in [0.2, 0.25) is 0 Å². The predicted molar refractivity (Wildman–Crippen MR) is 79.7 cm³/mol. The minimum atomic E-state index is -0.482. The van der Waals surface area contributed by atoms with E-state index in [1.165, 1.54) is 0 Å². The largest absolute Gasteiger partial charge is 0.444 e. The molecule has 0 aliphatic rings. The van der Waals surface area contributed by atoms with Gasteiger partial charge < -0.3 is 10.1 Å². The first kappa shape index (κ1) is 16.5. The maximum atomic E-state index is 11.9. The lowest BCUT2D eigenvalue weighted by Crippen LogP contribution is -2.47. The Kier molecular flexibility index (Phi) is 5.20. The number of nitrogens with zero attached hydrogens (tertiary/aromatic N) is 2. The Hall–Kier alpha value is -1.52. The second kappa shape index (κ2) is 6.29. The van der Waals surface area contributed by atoms with Gasteiger partial charge in [0.1, 0.15) is 5.60 Å². The molecule has 0 aromatic carbocycles. The van der Waals surface area contributed by atoms with Crippen LogP contribution in [0.4, 0.5) is 4.79 Å². The Morgan fingerprint density at radius 2 is 2.00 bits per heavy atom. The predicted octanol–water partition coefficient (Wildman–Crippen LogP) is 3.14. The van der Waals surface area contributed by atoms with E-state index in [0.29, 0.717) is 6.42 Å². The summed E-state index contributed by atoms with van der Waals surface area (Å²) in [6.07, 6.45) is 3.17. The van der Waals surface area contributed by atoms with Crippen LogP contribution >= 0.6 is 0 Å². The molecule has 0 saturated carbocycles. The number of carbonyl (C=O) groups is 1. The van der Waals surface area contributed by atoms with Crippen molar-refractivity contribution in [2.45, 2.75) is 72.1 Å². The van der Waals surface area contributed by atoms with Gasteiger partial charge in [-0.25, -0.2) is 4.79 Å². The fraction of sp³-hybridized carbons (Fsp3) is 0.733. The maximum absolute atomic E-state index is 11.9. The molecule has 20 heavy (non-hydrogen) atoms. The summed E-state index contributed by atoms with van der Waals surface area (Å²) in [4.78, 5) is 11.9. The van der Waals surface area contributed by atoms with E-state index < -0.39 is 5.60 Å². The number of hydrogen-bond acceptors (Lipinski definition) is 3. The van der Waals surface area contributed by atoms with Crippen molar-refractivity contribution in [1.82, 2.24) is 15.1 Å². The van der Waals surface area contributed by atoms with Crippen LogP contribution in [0.25, 0.3) is 0 Å². The van der Waals surface area contributed by atoms with Crippen LogP contribution < -0.4 is 5.32 Å². The fourth-order valence-electron chi connectivity index (χ4n) is 2.00. The van der Waals surface area contributed by atoms with Gasteiger partial charge in [0.25, 0.3) is 0 Å². The summed E-state index contributed by atoms with van der Waals surface area (Å²) in [6, 6.07) is 1.99. The molecule has 0 spiro atoms. The molecule has 1 aromatic heterocycles. The van der Waals surface area contributed by atoms with Gasteiger partial charge in [0.05, 0.1) is 0 Å². The summed E-state index contributed by atoms with van der Waals surface area (Å²) in [6.45, 7) is 12.6. The molecular formula is C15H27N3O2. The lowest BCUT2D eigenvalue weighted by Gasteiger charge is -2.28. The molecule has 0 unspecified atom stereocenters. The number of hydrogen-bond donors (Lipinski definition) is 1. The molecule has 5 heteroatoms. The molecule has 0 fully saturated rings. The zero-order valence-corrected chi connectivity index (χ0v) is 13.5. The van der Waals surface area contributed by atoms with Crippen LogP contribution in [0.5, 0.6) is 0 Å². The quantitative estimate of drug-likeness (QED) is 0.902. The normalized spacial score (nSPS) is 12.3. The van der Waals surface area contributed by atoms with Crippen molar-refractivity contribution in [1.29, 1.82) is 0 Å². The second-order valence-corrected chi connectivity index (χ2v) is 6.73. The first-order valence-electron chi connectivity index (χ1n) is 7.15. The number of ether oxygens (including phenoxy) is 1. The highest BCUT2D eigenvalue weighted by atomic mass is 16.6. The van der Waals surface area contributed by atoms with Crippen molar-refractivity contribution >= 4 is 6.09 Å². The van der Waals surface area contributed by atoms with Crippen LogP contribution in [0.3, 0.4) is 0 Å². The molecule has 0 radical (unpaired) electrons. The van der Waals surface area contributed by atoms with Crippen LogP contribution in [-0.4, -0.2) is 27.0 Å². The highest BCUT2D eigenvalue weighted by Crippen LogP contribution is 2.15. The Morgan fingerprint density at radius 1 is 1.35 bits per heavy atom. The number of alkyl carbamates (subject to hydrolysis) is 1. The van der Waals surface area contributed by atoms with Gasteiger partial charge in [-0.15, -0.1) is 0 Å². The van der Waals surface area contributed by atoms with Crippen LogP contribution in [-0.2, 0) is 17.7 Å². The average molecular weight is 281 g/mol. The maximum Gasteiger partial charge on any atom is 0.408 e. The molecule has 0 aliphatic carbocycles. The third-order valence-electron chi connectivity index (χ3n) is 2.70. The molecule has 0 atom stereocenters. The lowest BCUT2D eigenvalue weighted by molar-refractivity contribution is 0.0471. The summed E-state index contributed by atoms with van der Waals surface area (Å²) in [5, 5.41) is 7.22. The monoisotopic (exact) mass is 281 g/mol. The van der Waals surface area contributed by atoms with E-state index >= 15 is 0 Å². The zero-order valence-electron chi connectivity index (χ0n) is 13.5. The van der Waals surface area contributed by atoms with E-state index in [-0.39, 0.29) is 11.6 Å². The molecule has 114 valence electrons. The Bertz CT molecular complexity index is 444. The van der Waals surface area contributed by atoms with Gasteiger partial charge >= 0.3 is 6.09 Å². The van der Waals surface area contributed by atoms with Gasteiger partial charge in [-0.3, -0.25) is 4.68 Å². The topological polar surface area (TPSA) is 56.2 Å². The number of rotatable bonds is 5. The van der Waals surface area contributed by atoms with E-state index in [4.69, 9.17) is 4.74 Å². The minimum absolute atomic E-state index is 0.381. The minimum Gasteiger partial charge on any atom is -0.444 e. The molecular weight excluding hydrogens is 254 g/mol. The van der Waals surface area contributed by atoms with E-state index in [0.717, 1.165) is 18.7 Å². The number of carbonyl (C=O) groups excluding carboxylic acids is 1. The van der Waals surface area contributed by atoms with Crippen molar-refractivity contribution in [3.63, 3.8) is 0 Å². The van der Waals surface area contributed by atoms with Gasteiger partial charge in [-0.2, -0.15) is 5.10 Å². The van der Waals surface area contributed by atoms with Gasteiger partial charge in [-0.1, -0.05) is 6.92 Å². The fourth-order valence-corrected chi connectivity index (χ4v) is 2.00. The third-order valence-corrected chi connectivity index (χ3v) is 2.70. The smallest absolute Gasteiger partial charge is 0.408 e. The summed E-state index contributed by atoms with van der Waals surface area (Å²) < 4.78 is 7.28. The standard InChI is InChI=1S/C15H27N3O2/c1-7-10-18-12(8-9-16-18)11-15(5,6)17-13(19)20-14(2,3)4/h8-9H,7,10-11H2,1-6H3,(H,17,19). The lowest BCUT2D eigenvalue weighted by atomic mass is 9.98. The SMILES string of the molecule is CCCn1nccc1CC(C)(C)NC(=O)OC(C)(C)C. The Balaban J connectivity index is 2.65. The second-order valence-electron chi connectivity index (χ2n) is 6.73. The van der Waals surface area contributed by atoms with Crippen LogP contribution in [0, 0.1) is 0 Å². The molecule has 1 rings (SSSR count). The van der Waals surface area contributed by atoms with E-state index in [2.05, 4.69) is 17.3 Å². The van der Waals surface area contributed by atoms with Crippen LogP contribution in [0.2, 0.25) is 0 Å². The molecule has 1 amide bonds. The number of nitrogens with one attached hydrogen (secondary N) is 1. The van der Waals surface area contributed by atoms with E-state index in [1.807, 2.05) is 45.4 Å². The third kappa shape index (κ3) is 5.63. The molecule has 0 aliphatic heterocycles. The van der Waals surface area contributed by atoms with Gasteiger partial charge in [0.15, 0.2) is 0 Å². The number of aryl methyl sites for hydroxylation is 1. The Morgan fingerprint density at radius 3 is 2.55 bits per heavy atom. The number of amides is 1. The molecule has 0 saturated heterocycles. The van der Waals surface area contributed by atoms with Crippen molar-refractivity contribution < 1.29 is 9.53 Å². The van der Waals surface area contributed by atoms with Gasteiger partial charge in [0, 0.05) is 30.4 Å². The first-order chi connectivity index (χ1) is 9.13. The van der Waals surface area contributed by atoms with Crippen molar-refractivity contribution in [3.05, 3.63) is 18.0 Å². The summed E-state index contributed by atoms with van der Waals surface area (Å²) >= 11 is 0. The Labute approximate surface area is 121 Å². The van der Waals surface area contributed by atoms with Crippen molar-refractivity contribution in [2.75, 3.05) is 0 Å². The number of aromatic nitrogens is 2. The van der Waals surface area contributed by atoms with Crippen molar-refractivity contribution in [2.24, 2.45) is 0 Å². The summed E-state index contributed by atoms with van der Waals surface area (Å²) in [5.41, 5.74) is 0.255. The highest BCUT2D eigenvalue weighted by Gasteiger charge is 2.25. The zero-order chi connectivity index (χ0) is 15.4. The molecule has 1 N–H and O–H groups in total. The average Bonchev–Trinajstić information content (AvgIpc) is 2.61.